The summed E-state index contributed by atoms with van der Waals surface area (Å²) in [5.74, 6) is -18.4. The molecule has 43 heavy (non-hydrogen) atoms. The van der Waals surface area contributed by atoms with Crippen molar-refractivity contribution in [2.24, 2.45) is 0 Å². The van der Waals surface area contributed by atoms with Crippen molar-refractivity contribution >= 4 is 26.2 Å². The Balaban J connectivity index is 1.84. The molecule has 5 rings (SSSR count). The van der Waals surface area contributed by atoms with Crippen LogP contribution in [-0.2, 0) is 30.6 Å². The van der Waals surface area contributed by atoms with Crippen molar-refractivity contribution in [2.45, 2.75) is 16.6 Å². The van der Waals surface area contributed by atoms with Crippen molar-refractivity contribution in [3.05, 3.63) is 81.9 Å². The van der Waals surface area contributed by atoms with Gasteiger partial charge in [0.2, 0.25) is 23.1 Å². The molecule has 9 nitrogen and oxygen atoms in total. The van der Waals surface area contributed by atoms with Gasteiger partial charge in [-0.1, -0.05) is 18.2 Å². The lowest BCUT2D eigenvalue weighted by molar-refractivity contribution is -0.0506. The van der Waals surface area contributed by atoms with E-state index in [0.717, 1.165) is 12.1 Å². The largest absolute Gasteiger partial charge is 0.534 e. The molecule has 0 bridgehead atoms. The SMILES string of the molecule is O=C1OC2(c3ccccc31)c1cc(F)c(OS(=O)(=O)C(F)(F)F)c(F)c1Oc1c2cc(F)c(OS(=O)(=O)C(F)(F)F)c1F. The summed E-state index contributed by atoms with van der Waals surface area (Å²) >= 11 is 0. The number of hydrogen-bond acceptors (Lipinski definition) is 9. The monoisotopic (exact) mass is 668 g/mol. The lowest BCUT2D eigenvalue weighted by Gasteiger charge is -2.37. The summed E-state index contributed by atoms with van der Waals surface area (Å²) in [6.07, 6.45) is 0. The van der Waals surface area contributed by atoms with E-state index in [1.807, 2.05) is 0 Å². The Bertz CT molecular complexity index is 1850. The maximum atomic E-state index is 15.5. The van der Waals surface area contributed by atoms with Crippen LogP contribution in [0.3, 0.4) is 0 Å². The Morgan fingerprint density at radius 3 is 1.51 bits per heavy atom. The van der Waals surface area contributed by atoms with Gasteiger partial charge in [0.05, 0.1) is 16.7 Å². The number of hydrogen-bond donors (Lipinski definition) is 0. The van der Waals surface area contributed by atoms with E-state index in [1.54, 1.807) is 0 Å². The van der Waals surface area contributed by atoms with E-state index < -0.39 is 111 Å². The predicted octanol–water partition coefficient (Wildman–Crippen LogP) is 5.27. The van der Waals surface area contributed by atoms with E-state index in [-0.39, 0.29) is 12.1 Å². The Morgan fingerprint density at radius 1 is 0.674 bits per heavy atom. The number of halogens is 10. The summed E-state index contributed by atoms with van der Waals surface area (Å²) in [5, 5.41) is 0. The van der Waals surface area contributed by atoms with Crippen LogP contribution in [0.4, 0.5) is 43.9 Å². The number of carbonyl (C=O) groups is 1. The standard InChI is InChI=1S/C22H6F10O9S2/c23-11-5-9-15(13(25)17(11)40-42(34,35)21(27,28)29)38-16-10(20(9)8-4-2-1-3-7(8)19(33)39-20)6-12(24)18(14(16)26)41-43(36,37)22(30,31)32/h1-6H. The van der Waals surface area contributed by atoms with E-state index in [4.69, 9.17) is 9.47 Å². The van der Waals surface area contributed by atoms with Gasteiger partial charge in [-0.05, 0) is 18.2 Å². The molecule has 21 heteroatoms. The molecule has 230 valence electrons. The average Bonchev–Trinajstić information content (AvgIpc) is 3.17. The van der Waals surface area contributed by atoms with Gasteiger partial charge in [-0.25, -0.2) is 13.6 Å². The van der Waals surface area contributed by atoms with Crippen molar-refractivity contribution < 1.29 is 83.4 Å². The summed E-state index contributed by atoms with van der Waals surface area (Å²) in [6, 6.07) is 4.58. The summed E-state index contributed by atoms with van der Waals surface area (Å²) in [4.78, 5) is 12.7. The summed E-state index contributed by atoms with van der Waals surface area (Å²) in [5.41, 5.74) is -18.3. The third-order valence-corrected chi connectivity index (χ3v) is 7.86. The maximum Gasteiger partial charge on any atom is 0.534 e. The van der Waals surface area contributed by atoms with Crippen LogP contribution in [0.2, 0.25) is 0 Å². The van der Waals surface area contributed by atoms with E-state index in [2.05, 4.69) is 8.37 Å². The van der Waals surface area contributed by atoms with E-state index in [9.17, 15) is 48.0 Å². The average molecular weight is 668 g/mol. The fraction of sp³-hybridized carbons (Fsp3) is 0.136. The van der Waals surface area contributed by atoms with Crippen LogP contribution in [0.5, 0.6) is 23.0 Å². The minimum Gasteiger partial charge on any atom is -0.450 e. The van der Waals surface area contributed by atoms with Gasteiger partial charge < -0.3 is 17.8 Å². The minimum absolute atomic E-state index is 0.0479. The third kappa shape index (κ3) is 4.31. The van der Waals surface area contributed by atoms with E-state index >= 15 is 17.6 Å². The lowest BCUT2D eigenvalue weighted by Crippen LogP contribution is -2.35. The van der Waals surface area contributed by atoms with Crippen molar-refractivity contribution in [3.63, 3.8) is 0 Å². The molecule has 0 saturated heterocycles. The van der Waals surface area contributed by atoms with Gasteiger partial charge in [-0.15, -0.1) is 0 Å². The summed E-state index contributed by atoms with van der Waals surface area (Å²) in [6.45, 7) is 0. The summed E-state index contributed by atoms with van der Waals surface area (Å²) in [7, 11) is -13.5. The van der Waals surface area contributed by atoms with Gasteiger partial charge in [-0.2, -0.15) is 52.0 Å². The molecule has 1 spiro atoms. The molecule has 0 radical (unpaired) electrons. The van der Waals surface area contributed by atoms with Crippen molar-refractivity contribution in [2.75, 3.05) is 0 Å². The highest BCUT2D eigenvalue weighted by molar-refractivity contribution is 7.88. The van der Waals surface area contributed by atoms with Gasteiger partial charge in [-0.3, -0.25) is 0 Å². The number of esters is 1. The van der Waals surface area contributed by atoms with Crippen molar-refractivity contribution in [1.29, 1.82) is 0 Å². The first-order valence-corrected chi connectivity index (χ1v) is 13.5. The molecule has 2 heterocycles. The first-order chi connectivity index (χ1) is 19.6. The van der Waals surface area contributed by atoms with E-state index in [1.165, 1.54) is 12.1 Å². The lowest BCUT2D eigenvalue weighted by atomic mass is 9.77. The highest BCUT2D eigenvalue weighted by atomic mass is 32.2. The topological polar surface area (TPSA) is 122 Å². The second-order valence-corrected chi connectivity index (χ2v) is 11.5. The van der Waals surface area contributed by atoms with Crippen LogP contribution in [0.1, 0.15) is 27.0 Å². The fourth-order valence-corrected chi connectivity index (χ4v) is 5.16. The molecule has 0 saturated carbocycles. The molecule has 2 aliphatic heterocycles. The quantitative estimate of drug-likeness (QED) is 0.159. The second-order valence-electron chi connectivity index (χ2n) is 8.44. The maximum absolute atomic E-state index is 15.5. The molecule has 3 aromatic carbocycles. The van der Waals surface area contributed by atoms with Gasteiger partial charge in [0.25, 0.3) is 0 Å². The summed E-state index contributed by atoms with van der Waals surface area (Å²) < 4.78 is 201. The smallest absolute Gasteiger partial charge is 0.450 e. The number of carbonyl (C=O) groups excluding carboxylic acids is 1. The molecule has 2 aliphatic rings. The van der Waals surface area contributed by atoms with E-state index in [0.29, 0.717) is 0 Å². The Labute approximate surface area is 231 Å². The molecule has 0 N–H and O–H groups in total. The molecule has 0 fully saturated rings. The zero-order valence-corrected chi connectivity index (χ0v) is 21.4. The van der Waals surface area contributed by atoms with Gasteiger partial charge >= 0.3 is 37.2 Å². The molecular formula is C22H6F10O9S2. The van der Waals surface area contributed by atoms with Crippen molar-refractivity contribution in [3.8, 4) is 23.0 Å². The van der Waals surface area contributed by atoms with Crippen LogP contribution in [0, 0.1) is 23.3 Å². The van der Waals surface area contributed by atoms with Crippen LogP contribution in [0.25, 0.3) is 0 Å². The predicted molar refractivity (Wildman–Crippen MR) is 116 cm³/mol. The number of ether oxygens (including phenoxy) is 2. The van der Waals surface area contributed by atoms with Crippen molar-refractivity contribution in [1.82, 2.24) is 0 Å². The number of fused-ring (bicyclic) bond motifs is 6. The molecule has 0 aromatic heterocycles. The van der Waals surface area contributed by atoms with Crippen LogP contribution >= 0.6 is 0 Å². The number of benzene rings is 3. The molecule has 0 atom stereocenters. The zero-order chi connectivity index (χ0) is 32.1. The number of rotatable bonds is 4. The second kappa shape index (κ2) is 9.11. The van der Waals surface area contributed by atoms with Gasteiger partial charge in [0.1, 0.15) is 0 Å². The van der Waals surface area contributed by atoms with Gasteiger partial charge in [0.15, 0.2) is 28.7 Å². The highest BCUT2D eigenvalue weighted by Gasteiger charge is 2.57. The molecule has 0 amide bonds. The minimum atomic E-state index is -6.76. The number of alkyl halides is 6. The molecular weight excluding hydrogens is 662 g/mol. The third-order valence-electron chi connectivity index (χ3n) is 5.95. The highest BCUT2D eigenvalue weighted by Crippen LogP contribution is 2.59. The molecule has 3 aromatic rings. The Kier molecular flexibility index (Phi) is 6.40. The van der Waals surface area contributed by atoms with Crippen LogP contribution < -0.4 is 13.1 Å². The van der Waals surface area contributed by atoms with Crippen LogP contribution in [0.15, 0.2) is 36.4 Å². The molecule has 0 unspecified atom stereocenters. The fourth-order valence-electron chi connectivity index (χ4n) is 4.22. The zero-order valence-electron chi connectivity index (χ0n) is 19.7. The first kappa shape index (κ1) is 30.2. The normalized spacial score (nSPS) is 15.7. The van der Waals surface area contributed by atoms with Gasteiger partial charge in [0, 0.05) is 5.56 Å². The van der Waals surface area contributed by atoms with Crippen LogP contribution in [-0.4, -0.2) is 33.8 Å². The first-order valence-electron chi connectivity index (χ1n) is 10.7. The Morgan fingerprint density at radius 2 is 1.09 bits per heavy atom. The Hall–Kier alpha value is -4.27. The molecule has 0 aliphatic carbocycles.